The smallest absolute Gasteiger partial charge is 0.231 e. The molecule has 2 aliphatic heterocycles. The predicted molar refractivity (Wildman–Crippen MR) is 122 cm³/mol. The van der Waals surface area contributed by atoms with E-state index < -0.39 is 0 Å². The summed E-state index contributed by atoms with van der Waals surface area (Å²) in [6.45, 7) is 1.30. The van der Waals surface area contributed by atoms with Crippen LogP contribution >= 0.6 is 0 Å². The van der Waals surface area contributed by atoms with E-state index in [1.54, 1.807) is 14.2 Å². The molecule has 0 fully saturated rings. The first-order valence-electron chi connectivity index (χ1n) is 10.3. The van der Waals surface area contributed by atoms with Crippen molar-refractivity contribution in [1.29, 1.82) is 0 Å². The van der Waals surface area contributed by atoms with Gasteiger partial charge in [-0.1, -0.05) is 23.7 Å². The minimum atomic E-state index is 0.224. The van der Waals surface area contributed by atoms with Crippen molar-refractivity contribution >= 4 is 0 Å². The third-order valence-corrected chi connectivity index (χ3v) is 5.12. The molecule has 6 heteroatoms. The average molecular weight is 440 g/mol. The van der Waals surface area contributed by atoms with Gasteiger partial charge in [-0.15, -0.1) is 0 Å². The van der Waals surface area contributed by atoms with Crippen molar-refractivity contribution in [2.45, 2.75) is 0 Å². The van der Waals surface area contributed by atoms with Gasteiger partial charge in [-0.2, -0.15) is 0 Å². The minimum Gasteiger partial charge on any atom is -0.493 e. The second kappa shape index (κ2) is 8.98. The second-order valence-corrected chi connectivity index (χ2v) is 7.18. The molecule has 0 N–H and O–H groups in total. The molecule has 0 amide bonds. The van der Waals surface area contributed by atoms with Crippen LogP contribution in [-0.4, -0.2) is 34.2 Å². The highest BCUT2D eigenvalue weighted by molar-refractivity contribution is 5.62. The monoisotopic (exact) mass is 440 g/mol. The van der Waals surface area contributed by atoms with Gasteiger partial charge < -0.3 is 28.4 Å². The van der Waals surface area contributed by atoms with Gasteiger partial charge in [0.25, 0.3) is 0 Å². The normalized spacial score (nSPS) is 12.7. The van der Waals surface area contributed by atoms with Crippen LogP contribution in [0.25, 0.3) is 0 Å². The highest BCUT2D eigenvalue weighted by atomic mass is 16.7. The number of benzene rings is 3. The van der Waals surface area contributed by atoms with E-state index in [2.05, 4.69) is 23.7 Å². The molecule has 0 unspecified atom stereocenters. The zero-order valence-electron chi connectivity index (χ0n) is 18.2. The topological polar surface area (TPSA) is 55.4 Å². The summed E-state index contributed by atoms with van der Waals surface area (Å²) in [5.41, 5.74) is 3.05. The zero-order chi connectivity index (χ0) is 22.6. The zero-order valence-corrected chi connectivity index (χ0v) is 18.2. The van der Waals surface area contributed by atoms with Gasteiger partial charge in [0, 0.05) is 34.4 Å². The number of hydrogen-bond donors (Lipinski definition) is 0. The Labute approximate surface area is 191 Å². The first-order chi connectivity index (χ1) is 16.2. The molecule has 0 saturated carbocycles. The van der Waals surface area contributed by atoms with Gasteiger partial charge in [0.1, 0.15) is 13.2 Å². The van der Waals surface area contributed by atoms with Crippen molar-refractivity contribution < 1.29 is 28.4 Å². The van der Waals surface area contributed by atoms with Crippen LogP contribution in [0.2, 0.25) is 0 Å². The molecule has 33 heavy (non-hydrogen) atoms. The Hall–Kier alpha value is -4.42. The van der Waals surface area contributed by atoms with E-state index in [0.29, 0.717) is 36.2 Å². The van der Waals surface area contributed by atoms with Gasteiger partial charge in [0.2, 0.25) is 6.79 Å². The van der Waals surface area contributed by atoms with Crippen LogP contribution in [0, 0.1) is 23.7 Å². The van der Waals surface area contributed by atoms with Crippen molar-refractivity contribution in [3.05, 3.63) is 70.8 Å². The van der Waals surface area contributed by atoms with Crippen LogP contribution in [-0.2, 0) is 0 Å². The molecule has 0 saturated heterocycles. The Morgan fingerprint density at radius 3 is 1.64 bits per heavy atom. The molecule has 6 nitrogen and oxygen atoms in total. The first kappa shape index (κ1) is 20.5. The van der Waals surface area contributed by atoms with Crippen LogP contribution < -0.4 is 28.4 Å². The Bertz CT molecular complexity index is 1340. The Morgan fingerprint density at radius 2 is 1.06 bits per heavy atom. The summed E-state index contributed by atoms with van der Waals surface area (Å²) < 4.78 is 33.0. The van der Waals surface area contributed by atoms with E-state index >= 15 is 0 Å². The fourth-order valence-corrected chi connectivity index (χ4v) is 3.46. The molecular weight excluding hydrogens is 420 g/mol. The molecule has 3 aromatic carbocycles. The van der Waals surface area contributed by atoms with Crippen LogP contribution in [0.15, 0.2) is 48.5 Å². The molecular formula is C27H20O6. The molecule has 2 aliphatic rings. The number of rotatable bonds is 2. The first-order valence-corrected chi connectivity index (χ1v) is 10.3. The quantitative estimate of drug-likeness (QED) is 0.562. The standard InChI is InChI=1S/C27H20O6/c1-28-24-15-20(7-3-18-5-9-22-26(13-18)31-12-11-30-22)21(16-25(24)29-2)8-4-19-6-10-23-27(14-19)33-17-32-23/h5-6,9-10,13-16H,11-12,17H2,1-2H3. The molecule has 5 rings (SSSR count). The summed E-state index contributed by atoms with van der Waals surface area (Å²) in [7, 11) is 3.18. The van der Waals surface area contributed by atoms with Crippen molar-refractivity contribution in [3.8, 4) is 58.2 Å². The van der Waals surface area contributed by atoms with Gasteiger partial charge in [-0.3, -0.25) is 0 Å². The summed E-state index contributed by atoms with van der Waals surface area (Å²) in [6.07, 6.45) is 0. The number of ether oxygens (including phenoxy) is 6. The lowest BCUT2D eigenvalue weighted by molar-refractivity contribution is 0.171. The van der Waals surface area contributed by atoms with Crippen LogP contribution in [0.1, 0.15) is 22.3 Å². The maximum Gasteiger partial charge on any atom is 0.231 e. The van der Waals surface area contributed by atoms with E-state index in [9.17, 15) is 0 Å². The summed E-state index contributed by atoms with van der Waals surface area (Å²) in [5.74, 6) is 16.8. The summed E-state index contributed by atoms with van der Waals surface area (Å²) >= 11 is 0. The predicted octanol–water partition coefficient (Wildman–Crippen LogP) is 4.00. The molecule has 0 spiro atoms. The maximum atomic E-state index is 5.66. The van der Waals surface area contributed by atoms with E-state index in [-0.39, 0.29) is 6.79 Å². The SMILES string of the molecule is COc1cc(C#Cc2ccc3c(c2)OCCO3)c(C#Cc2ccc3c(c2)OCO3)cc1OC. The minimum absolute atomic E-state index is 0.224. The van der Waals surface area contributed by atoms with Crippen molar-refractivity contribution in [3.63, 3.8) is 0 Å². The van der Waals surface area contributed by atoms with Gasteiger partial charge in [0.15, 0.2) is 34.5 Å². The van der Waals surface area contributed by atoms with Crippen LogP contribution in [0.5, 0.6) is 34.5 Å². The van der Waals surface area contributed by atoms with Gasteiger partial charge in [-0.05, 0) is 36.4 Å². The molecule has 0 atom stereocenters. The lowest BCUT2D eigenvalue weighted by Crippen LogP contribution is -2.15. The summed E-state index contributed by atoms with van der Waals surface area (Å²) in [5, 5.41) is 0. The lowest BCUT2D eigenvalue weighted by Gasteiger charge is -2.17. The molecule has 164 valence electrons. The Morgan fingerprint density at radius 1 is 0.576 bits per heavy atom. The van der Waals surface area contributed by atoms with E-state index in [1.807, 2.05) is 48.5 Å². The van der Waals surface area contributed by atoms with Crippen molar-refractivity contribution in [1.82, 2.24) is 0 Å². The van der Waals surface area contributed by atoms with Crippen LogP contribution in [0.4, 0.5) is 0 Å². The second-order valence-electron chi connectivity index (χ2n) is 7.18. The molecule has 0 aromatic heterocycles. The molecule has 0 aliphatic carbocycles. The fourth-order valence-electron chi connectivity index (χ4n) is 3.46. The highest BCUT2D eigenvalue weighted by Crippen LogP contribution is 2.33. The summed E-state index contributed by atoms with van der Waals surface area (Å²) in [4.78, 5) is 0. The van der Waals surface area contributed by atoms with Gasteiger partial charge in [0.05, 0.1) is 14.2 Å². The molecule has 0 radical (unpaired) electrons. The van der Waals surface area contributed by atoms with E-state index in [0.717, 1.165) is 33.8 Å². The molecule has 3 aromatic rings. The molecule has 0 bridgehead atoms. The maximum absolute atomic E-state index is 5.66. The largest absolute Gasteiger partial charge is 0.493 e. The summed E-state index contributed by atoms with van der Waals surface area (Å²) in [6, 6.07) is 14.9. The highest BCUT2D eigenvalue weighted by Gasteiger charge is 2.13. The van der Waals surface area contributed by atoms with Crippen molar-refractivity contribution in [2.24, 2.45) is 0 Å². The van der Waals surface area contributed by atoms with Gasteiger partial charge in [-0.25, -0.2) is 0 Å². The average Bonchev–Trinajstić information content (AvgIpc) is 3.34. The van der Waals surface area contributed by atoms with Crippen molar-refractivity contribution in [2.75, 3.05) is 34.2 Å². The van der Waals surface area contributed by atoms with Gasteiger partial charge >= 0.3 is 0 Å². The fraction of sp³-hybridized carbons (Fsp3) is 0.185. The number of hydrogen-bond acceptors (Lipinski definition) is 6. The third kappa shape index (κ3) is 4.33. The van der Waals surface area contributed by atoms with Crippen LogP contribution in [0.3, 0.4) is 0 Å². The van der Waals surface area contributed by atoms with E-state index in [4.69, 9.17) is 28.4 Å². The van der Waals surface area contributed by atoms with E-state index in [1.165, 1.54) is 0 Å². The Balaban J connectivity index is 1.52. The lowest BCUT2D eigenvalue weighted by atomic mass is 10.0. The Kier molecular flexibility index (Phi) is 5.57. The third-order valence-electron chi connectivity index (χ3n) is 5.12. The number of methoxy groups -OCH3 is 2. The molecule has 2 heterocycles. The number of fused-ring (bicyclic) bond motifs is 2.